The van der Waals surface area contributed by atoms with Gasteiger partial charge in [0.15, 0.2) is 11.5 Å². The summed E-state index contributed by atoms with van der Waals surface area (Å²) in [6.07, 6.45) is 2.12. The van der Waals surface area contributed by atoms with Crippen molar-refractivity contribution < 1.29 is 19.0 Å². The third-order valence-electron chi connectivity index (χ3n) is 4.33. The molecule has 0 saturated carbocycles. The molecule has 1 N–H and O–H groups in total. The van der Waals surface area contributed by atoms with E-state index in [-0.39, 0.29) is 5.91 Å². The number of aryl methyl sites for hydroxylation is 1. The zero-order valence-corrected chi connectivity index (χ0v) is 14.3. The number of hydrogen-bond donors (Lipinski definition) is 1. The van der Waals surface area contributed by atoms with Crippen LogP contribution in [0.4, 0.5) is 0 Å². The number of benzene rings is 1. The second-order valence-electron chi connectivity index (χ2n) is 5.68. The van der Waals surface area contributed by atoms with Crippen LogP contribution in [0, 0.1) is 0 Å². The summed E-state index contributed by atoms with van der Waals surface area (Å²) in [5.41, 5.74) is 0.991. The molecular weight excluding hydrogens is 296 g/mol. The number of nitrogens with one attached hydrogen (secondary N) is 1. The maximum atomic E-state index is 12.3. The second-order valence-corrected chi connectivity index (χ2v) is 5.68. The number of carbonyl (C=O) groups excluding carboxylic acids is 1. The van der Waals surface area contributed by atoms with Crippen molar-refractivity contribution in [1.29, 1.82) is 0 Å². The molecule has 1 aromatic carbocycles. The first-order chi connectivity index (χ1) is 11.1. The summed E-state index contributed by atoms with van der Waals surface area (Å²) in [7, 11) is 6.64. The lowest BCUT2D eigenvalue weighted by Gasteiger charge is -2.24. The highest BCUT2D eigenvalue weighted by molar-refractivity contribution is 5.76. The van der Waals surface area contributed by atoms with Gasteiger partial charge >= 0.3 is 0 Å². The van der Waals surface area contributed by atoms with E-state index in [0.29, 0.717) is 36.1 Å². The number of amides is 1. The molecule has 0 radical (unpaired) electrons. The molecule has 0 aliphatic carbocycles. The standard InChI is InChI=1S/C17H26N2O4/c1-19(13-7-8-18-11-13)16(20)6-5-12-9-14(21-2)17(23-4)15(10-12)22-3/h9-10,13,18H,5-8,11H2,1-4H3. The summed E-state index contributed by atoms with van der Waals surface area (Å²) in [5.74, 6) is 1.96. The molecule has 0 bridgehead atoms. The van der Waals surface area contributed by atoms with Crippen LogP contribution in [0.3, 0.4) is 0 Å². The molecule has 2 rings (SSSR count). The predicted molar refractivity (Wildman–Crippen MR) is 88.5 cm³/mol. The lowest BCUT2D eigenvalue weighted by molar-refractivity contribution is -0.131. The van der Waals surface area contributed by atoms with Gasteiger partial charge in [-0.3, -0.25) is 4.79 Å². The van der Waals surface area contributed by atoms with Gasteiger partial charge in [-0.25, -0.2) is 0 Å². The Hall–Kier alpha value is -1.95. The number of carbonyl (C=O) groups is 1. The van der Waals surface area contributed by atoms with E-state index in [9.17, 15) is 4.79 Å². The molecule has 1 amide bonds. The van der Waals surface area contributed by atoms with E-state index in [1.807, 2.05) is 24.1 Å². The largest absolute Gasteiger partial charge is 0.493 e. The summed E-state index contributed by atoms with van der Waals surface area (Å²) in [4.78, 5) is 14.2. The van der Waals surface area contributed by atoms with Crippen LogP contribution in [0.2, 0.25) is 0 Å². The van der Waals surface area contributed by atoms with Gasteiger partial charge in [0.05, 0.1) is 21.3 Å². The van der Waals surface area contributed by atoms with E-state index in [1.54, 1.807) is 21.3 Å². The topological polar surface area (TPSA) is 60.0 Å². The Balaban J connectivity index is 2.03. The number of hydrogen-bond acceptors (Lipinski definition) is 5. The molecule has 23 heavy (non-hydrogen) atoms. The van der Waals surface area contributed by atoms with Gasteiger partial charge in [-0.15, -0.1) is 0 Å². The van der Waals surface area contributed by atoms with Crippen LogP contribution < -0.4 is 19.5 Å². The number of ether oxygens (including phenoxy) is 3. The summed E-state index contributed by atoms with van der Waals surface area (Å²) >= 11 is 0. The van der Waals surface area contributed by atoms with Gasteiger partial charge in [-0.2, -0.15) is 0 Å². The molecule has 1 aliphatic heterocycles. The average Bonchev–Trinajstić information content (AvgIpc) is 3.12. The average molecular weight is 322 g/mol. The van der Waals surface area contributed by atoms with Crippen molar-refractivity contribution >= 4 is 5.91 Å². The number of likely N-dealkylation sites (N-methyl/N-ethyl adjacent to an activating group) is 1. The fourth-order valence-electron chi connectivity index (χ4n) is 2.88. The van der Waals surface area contributed by atoms with E-state index in [2.05, 4.69) is 5.32 Å². The first kappa shape index (κ1) is 17.4. The SMILES string of the molecule is COc1cc(CCC(=O)N(C)C2CCNC2)cc(OC)c1OC. The fourth-order valence-corrected chi connectivity index (χ4v) is 2.88. The normalized spacial score (nSPS) is 17.0. The second kappa shape index (κ2) is 8.06. The van der Waals surface area contributed by atoms with E-state index >= 15 is 0 Å². The van der Waals surface area contributed by atoms with Crippen molar-refractivity contribution in [3.05, 3.63) is 17.7 Å². The van der Waals surface area contributed by atoms with Gasteiger partial charge in [0, 0.05) is 26.1 Å². The molecule has 1 heterocycles. The molecule has 6 heteroatoms. The number of rotatable bonds is 7. The monoisotopic (exact) mass is 322 g/mol. The quantitative estimate of drug-likeness (QED) is 0.824. The van der Waals surface area contributed by atoms with Crippen LogP contribution in [0.1, 0.15) is 18.4 Å². The molecule has 1 unspecified atom stereocenters. The van der Waals surface area contributed by atoms with Gasteiger partial charge in [-0.05, 0) is 37.1 Å². The molecule has 1 atom stereocenters. The van der Waals surface area contributed by atoms with Gasteiger partial charge in [0.1, 0.15) is 0 Å². The van der Waals surface area contributed by atoms with Crippen LogP contribution in [0.25, 0.3) is 0 Å². The van der Waals surface area contributed by atoms with E-state index in [0.717, 1.165) is 25.1 Å². The Kier molecular flexibility index (Phi) is 6.10. The maximum Gasteiger partial charge on any atom is 0.222 e. The minimum Gasteiger partial charge on any atom is -0.493 e. The van der Waals surface area contributed by atoms with Crippen LogP contribution in [-0.2, 0) is 11.2 Å². The molecule has 128 valence electrons. The highest BCUT2D eigenvalue weighted by atomic mass is 16.5. The molecular formula is C17H26N2O4. The third kappa shape index (κ3) is 4.07. The molecule has 6 nitrogen and oxygen atoms in total. The molecule has 1 saturated heterocycles. The zero-order chi connectivity index (χ0) is 16.8. The molecule has 0 spiro atoms. The molecule has 0 aromatic heterocycles. The summed E-state index contributed by atoms with van der Waals surface area (Å²) < 4.78 is 16.0. The predicted octanol–water partition coefficient (Wildman–Crippen LogP) is 1.47. The van der Waals surface area contributed by atoms with Crippen molar-refractivity contribution in [3.8, 4) is 17.2 Å². The van der Waals surface area contributed by atoms with Crippen molar-refractivity contribution in [2.24, 2.45) is 0 Å². The first-order valence-electron chi connectivity index (χ1n) is 7.86. The Morgan fingerprint density at radius 3 is 2.35 bits per heavy atom. The lowest BCUT2D eigenvalue weighted by atomic mass is 10.1. The molecule has 1 fully saturated rings. The highest BCUT2D eigenvalue weighted by Crippen LogP contribution is 2.38. The third-order valence-corrected chi connectivity index (χ3v) is 4.33. The minimum absolute atomic E-state index is 0.160. The van der Waals surface area contributed by atoms with Gasteiger partial charge in [-0.1, -0.05) is 0 Å². The number of nitrogens with zero attached hydrogens (tertiary/aromatic N) is 1. The van der Waals surface area contributed by atoms with Gasteiger partial charge in [0.2, 0.25) is 11.7 Å². The van der Waals surface area contributed by atoms with Gasteiger partial charge < -0.3 is 24.4 Å². The Labute approximate surface area is 137 Å². The molecule has 1 aliphatic rings. The first-order valence-corrected chi connectivity index (χ1v) is 7.86. The van der Waals surface area contributed by atoms with Crippen molar-refractivity contribution in [2.75, 3.05) is 41.5 Å². The lowest BCUT2D eigenvalue weighted by Crippen LogP contribution is -2.38. The summed E-state index contributed by atoms with van der Waals surface area (Å²) in [6.45, 7) is 1.86. The maximum absolute atomic E-state index is 12.3. The van der Waals surface area contributed by atoms with Crippen molar-refractivity contribution in [2.45, 2.75) is 25.3 Å². The zero-order valence-electron chi connectivity index (χ0n) is 14.3. The van der Waals surface area contributed by atoms with Crippen molar-refractivity contribution in [3.63, 3.8) is 0 Å². The fraction of sp³-hybridized carbons (Fsp3) is 0.588. The van der Waals surface area contributed by atoms with E-state index < -0.39 is 0 Å². The van der Waals surface area contributed by atoms with Crippen LogP contribution in [0.15, 0.2) is 12.1 Å². The smallest absolute Gasteiger partial charge is 0.222 e. The highest BCUT2D eigenvalue weighted by Gasteiger charge is 2.23. The Morgan fingerprint density at radius 2 is 1.87 bits per heavy atom. The van der Waals surface area contributed by atoms with E-state index in [4.69, 9.17) is 14.2 Å². The Morgan fingerprint density at radius 1 is 1.22 bits per heavy atom. The Bertz CT molecular complexity index is 516. The molecule has 1 aromatic rings. The summed E-state index contributed by atoms with van der Waals surface area (Å²) in [6, 6.07) is 4.10. The van der Waals surface area contributed by atoms with Crippen LogP contribution in [-0.4, -0.2) is 58.3 Å². The summed E-state index contributed by atoms with van der Waals surface area (Å²) in [5, 5.41) is 3.28. The van der Waals surface area contributed by atoms with Crippen LogP contribution >= 0.6 is 0 Å². The van der Waals surface area contributed by atoms with E-state index in [1.165, 1.54) is 0 Å². The van der Waals surface area contributed by atoms with Crippen molar-refractivity contribution in [1.82, 2.24) is 10.2 Å². The minimum atomic E-state index is 0.160. The number of methoxy groups -OCH3 is 3. The van der Waals surface area contributed by atoms with Crippen LogP contribution in [0.5, 0.6) is 17.2 Å². The van der Waals surface area contributed by atoms with Gasteiger partial charge in [0.25, 0.3) is 0 Å².